The van der Waals surface area contributed by atoms with Crippen molar-refractivity contribution in [2.75, 3.05) is 13.7 Å². The third-order valence-electron chi connectivity index (χ3n) is 1.69. The summed E-state index contributed by atoms with van der Waals surface area (Å²) in [5.41, 5.74) is 2.79. The Morgan fingerprint density at radius 3 is 2.33 bits per heavy atom. The minimum Gasteiger partial charge on any atom is -0.384 e. The van der Waals surface area contributed by atoms with Gasteiger partial charge >= 0.3 is 0 Å². The Bertz CT molecular complexity index is 162. The number of ether oxygens (including phenoxy) is 1. The van der Waals surface area contributed by atoms with Crippen LogP contribution in [0.2, 0.25) is 0 Å². The Kier molecular flexibility index (Phi) is 6.78. The molecule has 0 amide bonds. The van der Waals surface area contributed by atoms with E-state index in [-0.39, 0.29) is 0 Å². The standard InChI is InChI=1S/C11H20O/c1-10(2)6-5-7-11(3)8-9-12-4/h6-7H,5,8-9H2,1-4H3. The van der Waals surface area contributed by atoms with Gasteiger partial charge in [0.15, 0.2) is 0 Å². The lowest BCUT2D eigenvalue weighted by Crippen LogP contribution is -1.88. The zero-order valence-electron chi connectivity index (χ0n) is 8.68. The molecule has 0 saturated heterocycles. The van der Waals surface area contributed by atoms with Crippen LogP contribution in [-0.2, 0) is 4.74 Å². The molecule has 0 spiro atoms. The molecule has 0 aromatic carbocycles. The van der Waals surface area contributed by atoms with Gasteiger partial charge < -0.3 is 4.74 Å². The Labute approximate surface area is 76.1 Å². The first-order valence-corrected chi connectivity index (χ1v) is 4.44. The third-order valence-corrected chi connectivity index (χ3v) is 1.69. The number of hydrogen-bond acceptors (Lipinski definition) is 1. The van der Waals surface area contributed by atoms with Crippen LogP contribution < -0.4 is 0 Å². The first-order valence-electron chi connectivity index (χ1n) is 4.44. The van der Waals surface area contributed by atoms with Gasteiger partial charge in [0, 0.05) is 13.7 Å². The van der Waals surface area contributed by atoms with Crippen molar-refractivity contribution in [1.29, 1.82) is 0 Å². The summed E-state index contributed by atoms with van der Waals surface area (Å²) in [6.45, 7) is 7.23. The van der Waals surface area contributed by atoms with Gasteiger partial charge in [0.05, 0.1) is 0 Å². The van der Waals surface area contributed by atoms with Crippen LogP contribution in [0.3, 0.4) is 0 Å². The highest BCUT2D eigenvalue weighted by molar-refractivity contribution is 5.04. The van der Waals surface area contributed by atoms with E-state index in [0.717, 1.165) is 19.4 Å². The molecule has 0 radical (unpaired) electrons. The molecule has 0 aliphatic heterocycles. The number of rotatable bonds is 5. The monoisotopic (exact) mass is 168 g/mol. The number of hydrogen-bond donors (Lipinski definition) is 0. The van der Waals surface area contributed by atoms with Crippen molar-refractivity contribution in [2.45, 2.75) is 33.6 Å². The first-order chi connectivity index (χ1) is 5.66. The maximum absolute atomic E-state index is 4.98. The molecular formula is C11H20O. The van der Waals surface area contributed by atoms with E-state index in [4.69, 9.17) is 4.74 Å². The highest BCUT2D eigenvalue weighted by atomic mass is 16.5. The molecule has 0 aliphatic carbocycles. The molecular weight excluding hydrogens is 148 g/mol. The van der Waals surface area contributed by atoms with Gasteiger partial charge in [-0.1, -0.05) is 23.3 Å². The molecule has 0 N–H and O–H groups in total. The SMILES string of the molecule is COCCC(C)=CCC=C(C)C. The second kappa shape index (κ2) is 7.11. The first kappa shape index (κ1) is 11.4. The minimum absolute atomic E-state index is 0.831. The van der Waals surface area contributed by atoms with Crippen LogP contribution >= 0.6 is 0 Å². The summed E-state index contributed by atoms with van der Waals surface area (Å²) in [6.07, 6.45) is 6.59. The third kappa shape index (κ3) is 7.55. The summed E-state index contributed by atoms with van der Waals surface area (Å²) in [4.78, 5) is 0. The molecule has 0 unspecified atom stereocenters. The Balaban J connectivity index is 3.61. The summed E-state index contributed by atoms with van der Waals surface area (Å²) in [6, 6.07) is 0. The molecule has 0 saturated carbocycles. The summed E-state index contributed by atoms with van der Waals surface area (Å²) >= 11 is 0. The highest BCUT2D eigenvalue weighted by Gasteiger charge is 1.87. The van der Waals surface area contributed by atoms with E-state index < -0.39 is 0 Å². The fourth-order valence-corrected chi connectivity index (χ4v) is 0.861. The summed E-state index contributed by atoms with van der Waals surface area (Å²) in [7, 11) is 1.74. The van der Waals surface area contributed by atoms with E-state index in [2.05, 4.69) is 32.9 Å². The number of allylic oxidation sites excluding steroid dienone is 3. The van der Waals surface area contributed by atoms with Crippen LogP contribution in [0.5, 0.6) is 0 Å². The van der Waals surface area contributed by atoms with Gasteiger partial charge in [-0.3, -0.25) is 0 Å². The normalized spacial score (nSPS) is 11.5. The molecule has 0 fully saturated rings. The fraction of sp³-hybridized carbons (Fsp3) is 0.636. The van der Waals surface area contributed by atoms with Gasteiger partial charge in [-0.25, -0.2) is 0 Å². The molecule has 1 heteroatoms. The van der Waals surface area contributed by atoms with Crippen molar-refractivity contribution in [3.8, 4) is 0 Å². The Morgan fingerprint density at radius 1 is 1.17 bits per heavy atom. The molecule has 0 rings (SSSR count). The summed E-state index contributed by atoms with van der Waals surface area (Å²) < 4.78 is 4.98. The second-order valence-electron chi connectivity index (χ2n) is 3.31. The largest absolute Gasteiger partial charge is 0.384 e. The molecule has 0 atom stereocenters. The van der Waals surface area contributed by atoms with Gasteiger partial charge in [-0.05, 0) is 33.6 Å². The lowest BCUT2D eigenvalue weighted by atomic mass is 10.1. The molecule has 1 nitrogen and oxygen atoms in total. The predicted octanol–water partition coefficient (Wildman–Crippen LogP) is 3.33. The molecule has 0 aliphatic rings. The van der Waals surface area contributed by atoms with Crippen LogP contribution in [0, 0.1) is 0 Å². The Morgan fingerprint density at radius 2 is 1.83 bits per heavy atom. The van der Waals surface area contributed by atoms with E-state index in [1.807, 2.05) is 0 Å². The van der Waals surface area contributed by atoms with E-state index in [1.54, 1.807) is 7.11 Å². The van der Waals surface area contributed by atoms with E-state index in [0.29, 0.717) is 0 Å². The molecule has 0 heterocycles. The topological polar surface area (TPSA) is 9.23 Å². The van der Waals surface area contributed by atoms with Crippen molar-refractivity contribution in [1.82, 2.24) is 0 Å². The molecule has 12 heavy (non-hydrogen) atoms. The van der Waals surface area contributed by atoms with Crippen LogP contribution in [-0.4, -0.2) is 13.7 Å². The van der Waals surface area contributed by atoms with E-state index >= 15 is 0 Å². The highest BCUT2D eigenvalue weighted by Crippen LogP contribution is 2.03. The quantitative estimate of drug-likeness (QED) is 0.572. The van der Waals surface area contributed by atoms with Crippen molar-refractivity contribution < 1.29 is 4.74 Å². The average molecular weight is 168 g/mol. The fourth-order valence-electron chi connectivity index (χ4n) is 0.861. The minimum atomic E-state index is 0.831. The van der Waals surface area contributed by atoms with Crippen LogP contribution in [0.1, 0.15) is 33.6 Å². The zero-order valence-corrected chi connectivity index (χ0v) is 8.68. The molecule has 0 aromatic heterocycles. The predicted molar refractivity (Wildman–Crippen MR) is 54.3 cm³/mol. The van der Waals surface area contributed by atoms with Crippen molar-refractivity contribution in [3.05, 3.63) is 23.3 Å². The summed E-state index contributed by atoms with van der Waals surface area (Å²) in [5.74, 6) is 0. The maximum atomic E-state index is 4.98. The number of methoxy groups -OCH3 is 1. The van der Waals surface area contributed by atoms with E-state index in [9.17, 15) is 0 Å². The van der Waals surface area contributed by atoms with Crippen molar-refractivity contribution in [3.63, 3.8) is 0 Å². The van der Waals surface area contributed by atoms with Crippen molar-refractivity contribution >= 4 is 0 Å². The maximum Gasteiger partial charge on any atom is 0.0499 e. The molecule has 70 valence electrons. The van der Waals surface area contributed by atoms with Crippen LogP contribution in [0.25, 0.3) is 0 Å². The smallest absolute Gasteiger partial charge is 0.0499 e. The van der Waals surface area contributed by atoms with E-state index in [1.165, 1.54) is 11.1 Å². The van der Waals surface area contributed by atoms with Gasteiger partial charge in [0.1, 0.15) is 0 Å². The van der Waals surface area contributed by atoms with Crippen LogP contribution in [0.15, 0.2) is 23.3 Å². The van der Waals surface area contributed by atoms with Crippen LogP contribution in [0.4, 0.5) is 0 Å². The average Bonchev–Trinajstić information content (AvgIpc) is 2.00. The van der Waals surface area contributed by atoms with Gasteiger partial charge in [0.2, 0.25) is 0 Å². The van der Waals surface area contributed by atoms with Gasteiger partial charge in [-0.2, -0.15) is 0 Å². The molecule has 0 aromatic rings. The molecule has 0 bridgehead atoms. The zero-order chi connectivity index (χ0) is 9.40. The summed E-state index contributed by atoms with van der Waals surface area (Å²) in [5, 5.41) is 0. The van der Waals surface area contributed by atoms with Gasteiger partial charge in [-0.15, -0.1) is 0 Å². The second-order valence-corrected chi connectivity index (χ2v) is 3.31. The van der Waals surface area contributed by atoms with Crippen molar-refractivity contribution in [2.24, 2.45) is 0 Å². The lowest BCUT2D eigenvalue weighted by molar-refractivity contribution is 0.202. The Hall–Kier alpha value is -0.560. The lowest BCUT2D eigenvalue weighted by Gasteiger charge is -1.98. The van der Waals surface area contributed by atoms with Gasteiger partial charge in [0.25, 0.3) is 0 Å².